The molecule has 4 aromatic heterocycles. The molecule has 28 rings (SSSR count). The molecule has 20 aromatic carbocycles. The van der Waals surface area contributed by atoms with Crippen molar-refractivity contribution in [1.29, 1.82) is 10.5 Å². The van der Waals surface area contributed by atoms with Gasteiger partial charge in [0.05, 0.1) is 88.8 Å². The van der Waals surface area contributed by atoms with E-state index in [0.29, 0.717) is 34.3 Å². The van der Waals surface area contributed by atoms with Crippen LogP contribution < -0.4 is 24.8 Å². The van der Waals surface area contributed by atoms with Crippen LogP contribution in [0.4, 0.5) is 79.6 Å². The average Bonchev–Trinajstić information content (AvgIpc) is 1.49. The van der Waals surface area contributed by atoms with Gasteiger partial charge in [-0.3, -0.25) is 0 Å². The maximum atomic E-state index is 10.0. The van der Waals surface area contributed by atoms with Crippen molar-refractivity contribution in [3.63, 3.8) is 0 Å². The molecule has 4 heterocycles. The smallest absolute Gasteiger partial charge is 0.187 e. The van der Waals surface area contributed by atoms with Gasteiger partial charge in [-0.15, -0.1) is 0 Å². The summed E-state index contributed by atoms with van der Waals surface area (Å²) >= 11 is 0. The van der Waals surface area contributed by atoms with Gasteiger partial charge in [-0.25, -0.2) is 9.69 Å². The van der Waals surface area contributed by atoms with Crippen LogP contribution in [0.15, 0.2) is 430 Å². The molecule has 4 aliphatic carbocycles. The number of nitrogens with zero attached hydrogens (tertiary/aromatic N) is 8. The number of hydrogen-bond acceptors (Lipinski definition) is 10. The Morgan fingerprint density at radius 2 is 0.530 bits per heavy atom. The van der Waals surface area contributed by atoms with Gasteiger partial charge in [-0.2, -0.15) is 10.5 Å². The summed E-state index contributed by atoms with van der Waals surface area (Å²) < 4.78 is 29.5. The fourth-order valence-corrected chi connectivity index (χ4v) is 25.7. The minimum absolute atomic E-state index is 0.346. The van der Waals surface area contributed by atoms with Gasteiger partial charge in [0.2, 0.25) is 0 Å². The van der Waals surface area contributed by atoms with Crippen molar-refractivity contribution in [2.75, 3.05) is 19.6 Å². The summed E-state index contributed by atoms with van der Waals surface area (Å²) in [4.78, 5) is 16.9. The third-order valence-corrected chi connectivity index (χ3v) is 33.5. The molecule has 0 unspecified atom stereocenters. The number of anilines is 12. The monoisotopic (exact) mass is 1930 g/mol. The maximum absolute atomic E-state index is 10.0. The van der Waals surface area contributed by atoms with Crippen LogP contribution in [-0.2, 0) is 10.8 Å². The molecule has 0 atom stereocenters. The highest BCUT2D eigenvalue weighted by atomic mass is 28.3. The first kappa shape index (κ1) is 88.9. The van der Waals surface area contributed by atoms with Crippen LogP contribution in [0.2, 0.25) is 19.6 Å². The molecule has 0 bridgehead atoms. The van der Waals surface area contributed by atoms with Crippen LogP contribution in [0.1, 0.15) is 112 Å². The molecule has 0 radical (unpaired) electrons. The van der Waals surface area contributed by atoms with Crippen LogP contribution in [0.5, 0.6) is 0 Å². The van der Waals surface area contributed by atoms with Gasteiger partial charge < -0.3 is 37.3 Å². The fourth-order valence-electron chi connectivity index (χ4n) is 24.6. The number of fused-ring (bicyclic) bond motifs is 36. The molecular weight excluding hydrogens is 1840 g/mol. The van der Waals surface area contributed by atoms with Crippen molar-refractivity contribution in [3.8, 4) is 56.6 Å². The van der Waals surface area contributed by atoms with E-state index in [-0.39, 0.29) is 0 Å². The largest absolute Gasteiger partial charge is 0.455 e. The molecule has 0 saturated heterocycles. The molecule has 0 saturated carbocycles. The van der Waals surface area contributed by atoms with Crippen molar-refractivity contribution >= 4 is 181 Å². The van der Waals surface area contributed by atoms with E-state index < -0.39 is 18.9 Å². The first-order chi connectivity index (χ1) is 72.9. The number of benzene rings is 20. The van der Waals surface area contributed by atoms with E-state index in [1.54, 1.807) is 0 Å². The molecule has 2 spiro atoms. The fraction of sp³-hybridized carbons (Fsp3) is 0.0882. The van der Waals surface area contributed by atoms with Crippen molar-refractivity contribution < 1.29 is 17.7 Å². The standard InChI is InChI=1S/C69H48N4O2.C67H46N4O2Si/c1-41(2)44-24-32-48(33-25-44)72(50-36-28-46(71-5)29-37-50)59-38-58-66(68-63(59)53-16-8-12-20-61(53)75-68)65-57(69(58)55-18-10-6-14-51(55)52-15-7-11-19-56(52)69)39-60(67-64(65)54-17-9-13-21-62(54)74-67)73(47-30-22-43(40-70)23-31-47)49-34-26-45(27-35-49)42(3)4;1-41-22-28-44(29-23-41)70(46-32-26-43(69-2)27-33-46)57-38-56-64(66-61(57)51-16-8-12-20-59(51)73-66)63-55(67(56)53-18-10-6-14-49(53)50-15-7-11-19-54(50)67)39-58(65-62(63)52-17-9-13-21-60(52)72-65)71(45-30-24-42(40-68)25-31-45)47-34-36-48(37-35-47)74(3,4)5/h6-39,41-42H,1-4H3;6-39H,1,3-5H3. The molecule has 4 aliphatic rings. The Morgan fingerprint density at radius 3 is 0.839 bits per heavy atom. The van der Waals surface area contributed by atoms with Crippen LogP contribution in [0.25, 0.3) is 142 Å². The van der Waals surface area contributed by atoms with Gasteiger partial charge in [0, 0.05) is 100 Å². The normalized spacial score (nSPS) is 12.9. The Kier molecular flexibility index (Phi) is 20.3. The summed E-state index contributed by atoms with van der Waals surface area (Å²) in [6.45, 7) is 33.9. The summed E-state index contributed by atoms with van der Waals surface area (Å²) in [5.74, 6) is 0.697. The number of aryl methyl sites for hydroxylation is 1. The van der Waals surface area contributed by atoms with E-state index >= 15 is 0 Å². The molecule has 149 heavy (non-hydrogen) atoms. The van der Waals surface area contributed by atoms with Crippen LogP contribution in [0.3, 0.4) is 0 Å². The molecule has 706 valence electrons. The van der Waals surface area contributed by atoms with Crippen molar-refractivity contribution in [2.24, 2.45) is 0 Å². The number of hydrogen-bond donors (Lipinski definition) is 0. The molecule has 0 fully saturated rings. The highest BCUT2D eigenvalue weighted by molar-refractivity contribution is 6.88. The Hall–Kier alpha value is -19.0. The van der Waals surface area contributed by atoms with Crippen molar-refractivity contribution in [2.45, 2.75) is 76.9 Å². The van der Waals surface area contributed by atoms with Gasteiger partial charge in [-0.05, 0) is 267 Å². The second-order valence-corrected chi connectivity index (χ2v) is 46.3. The predicted octanol–water partition coefficient (Wildman–Crippen LogP) is 37.5. The summed E-state index contributed by atoms with van der Waals surface area (Å²) in [5.41, 5.74) is 39.9. The summed E-state index contributed by atoms with van der Waals surface area (Å²) in [7, 11) is -1.66. The number of para-hydroxylation sites is 4. The van der Waals surface area contributed by atoms with Gasteiger partial charge >= 0.3 is 0 Å². The maximum Gasteiger partial charge on any atom is 0.187 e. The van der Waals surface area contributed by atoms with E-state index in [2.05, 4.69) is 417 Å². The third kappa shape index (κ3) is 13.3. The average molecular weight is 1930 g/mol. The zero-order valence-electron chi connectivity index (χ0n) is 83.1. The molecule has 24 aromatic rings. The minimum Gasteiger partial charge on any atom is -0.455 e. The van der Waals surface area contributed by atoms with E-state index in [1.807, 2.05) is 91.0 Å². The van der Waals surface area contributed by atoms with Crippen LogP contribution in [-0.4, -0.2) is 8.07 Å². The lowest BCUT2D eigenvalue weighted by atomic mass is 9.70. The lowest BCUT2D eigenvalue weighted by molar-refractivity contribution is 0.668. The quantitative estimate of drug-likeness (QED) is 0.0724. The van der Waals surface area contributed by atoms with Crippen molar-refractivity contribution in [1.82, 2.24) is 0 Å². The van der Waals surface area contributed by atoms with E-state index in [0.717, 1.165) is 206 Å². The summed E-state index contributed by atoms with van der Waals surface area (Å²) in [6, 6.07) is 151. The second-order valence-electron chi connectivity index (χ2n) is 41.2. The Balaban J connectivity index is 0.000000147. The van der Waals surface area contributed by atoms with Gasteiger partial charge in [0.25, 0.3) is 0 Å². The molecule has 12 nitrogen and oxygen atoms in total. The first-order valence-electron chi connectivity index (χ1n) is 50.8. The SMILES string of the molecule is [C-]#[N+]c1ccc(N(c2ccc(C(C)C)cc2)c2cc3c(c4oc5ccccc5c24)-c2c(cc(N(c4ccc(C#N)cc4)c4ccc(C(C)C)cc4)c4oc5ccccc5c24)C32c3ccccc3-c3ccccc32)cc1.[C-]#[N+]c1ccc(N(c2ccc(C)cc2)c2cc3c(c4oc5ccccc5c24)-c2c(cc(N(c4ccc(C#N)cc4)c4ccc([Si](C)(C)C)cc4)c4oc5ccccc5c24)C32c3ccccc3-c3ccccc32)cc1. The van der Waals surface area contributed by atoms with Crippen LogP contribution >= 0.6 is 0 Å². The number of nitriles is 2. The van der Waals surface area contributed by atoms with Gasteiger partial charge in [0.15, 0.2) is 22.5 Å². The molecule has 0 N–H and O–H groups in total. The topological polar surface area (TPSA) is 122 Å². The van der Waals surface area contributed by atoms with E-state index in [4.69, 9.17) is 30.8 Å². The Bertz CT molecular complexity index is 9800. The molecule has 13 heteroatoms. The summed E-state index contributed by atoms with van der Waals surface area (Å²) in [6.07, 6.45) is 0. The summed E-state index contributed by atoms with van der Waals surface area (Å²) in [5, 5.41) is 29.4. The van der Waals surface area contributed by atoms with E-state index in [1.165, 1.54) is 60.8 Å². The lowest BCUT2D eigenvalue weighted by Gasteiger charge is -2.33. The number of rotatable bonds is 15. The van der Waals surface area contributed by atoms with Crippen LogP contribution in [0, 0.1) is 42.7 Å². The van der Waals surface area contributed by atoms with E-state index in [9.17, 15) is 10.5 Å². The Labute approximate surface area is 863 Å². The van der Waals surface area contributed by atoms with Gasteiger partial charge in [0.1, 0.15) is 33.5 Å². The van der Waals surface area contributed by atoms with Gasteiger partial charge in [-0.1, -0.05) is 301 Å². The highest BCUT2D eigenvalue weighted by Crippen LogP contribution is 2.72. The molecule has 0 aliphatic heterocycles. The predicted molar refractivity (Wildman–Crippen MR) is 611 cm³/mol. The second kappa shape index (κ2) is 34.1. The number of furan rings is 4. The zero-order chi connectivity index (χ0) is 101. The first-order valence-corrected chi connectivity index (χ1v) is 54.3. The molecule has 0 amide bonds. The molecular formula is C136H94N8O4Si. The van der Waals surface area contributed by atoms with Crippen molar-refractivity contribution in [3.05, 3.63) is 508 Å². The highest BCUT2D eigenvalue weighted by Gasteiger charge is 2.57. The Morgan fingerprint density at radius 1 is 0.275 bits per heavy atom. The third-order valence-electron chi connectivity index (χ3n) is 31.4. The lowest BCUT2D eigenvalue weighted by Crippen LogP contribution is -2.37. The minimum atomic E-state index is -1.66. The zero-order valence-corrected chi connectivity index (χ0v) is 84.1.